The first-order valence-corrected chi connectivity index (χ1v) is 9.60. The first-order valence-electron chi connectivity index (χ1n) is 9.60. The van der Waals surface area contributed by atoms with Crippen LogP contribution in [0.5, 0.6) is 0 Å². The van der Waals surface area contributed by atoms with Crippen LogP contribution in [0.25, 0.3) is 0 Å². The Morgan fingerprint density at radius 1 is 0.773 bits per heavy atom. The smallest absolute Gasteiger partial charge is 0.0543 e. The van der Waals surface area contributed by atoms with E-state index in [0.29, 0.717) is 5.41 Å². The summed E-state index contributed by atoms with van der Waals surface area (Å²) in [6.45, 7) is 8.81. The molecule has 0 spiro atoms. The van der Waals surface area contributed by atoms with Crippen molar-refractivity contribution >= 4 is 0 Å². The molecule has 2 heteroatoms. The highest BCUT2D eigenvalue weighted by Crippen LogP contribution is 2.46. The van der Waals surface area contributed by atoms with Gasteiger partial charge in [0.25, 0.3) is 0 Å². The molecule has 0 aromatic rings. The van der Waals surface area contributed by atoms with E-state index in [1.165, 1.54) is 64.2 Å². The summed E-state index contributed by atoms with van der Waals surface area (Å²) >= 11 is 0. The molecule has 2 nitrogen and oxygen atoms in total. The molecule has 1 aliphatic carbocycles. The molecule has 0 aromatic carbocycles. The molecule has 0 radical (unpaired) electrons. The minimum Gasteiger partial charge on any atom is -0.384 e. The molecule has 0 saturated heterocycles. The second kappa shape index (κ2) is 9.93. The highest BCUT2D eigenvalue weighted by atomic mass is 16.5. The first kappa shape index (κ1) is 20.0. The van der Waals surface area contributed by atoms with Crippen molar-refractivity contribution < 1.29 is 9.47 Å². The summed E-state index contributed by atoms with van der Waals surface area (Å²) in [5.74, 6) is 0.782. The van der Waals surface area contributed by atoms with Crippen LogP contribution in [0.1, 0.15) is 85.0 Å². The van der Waals surface area contributed by atoms with Crippen LogP contribution in [0.15, 0.2) is 0 Å². The molecule has 0 amide bonds. The molecule has 1 fully saturated rings. The highest BCUT2D eigenvalue weighted by molar-refractivity contribution is 4.90. The second-order valence-corrected chi connectivity index (χ2v) is 7.62. The number of hydrogen-bond acceptors (Lipinski definition) is 2. The van der Waals surface area contributed by atoms with Gasteiger partial charge in [0, 0.05) is 19.6 Å². The van der Waals surface area contributed by atoms with Crippen LogP contribution in [-0.4, -0.2) is 27.4 Å². The number of methoxy groups -OCH3 is 2. The van der Waals surface area contributed by atoms with E-state index in [-0.39, 0.29) is 5.41 Å². The van der Waals surface area contributed by atoms with Gasteiger partial charge in [-0.3, -0.25) is 0 Å². The largest absolute Gasteiger partial charge is 0.384 e. The Morgan fingerprint density at radius 3 is 1.68 bits per heavy atom. The van der Waals surface area contributed by atoms with Gasteiger partial charge in [-0.05, 0) is 37.0 Å². The fraction of sp³-hybridized carbons (Fsp3) is 1.00. The zero-order valence-electron chi connectivity index (χ0n) is 15.9. The molecule has 0 atom stereocenters. The van der Waals surface area contributed by atoms with Crippen molar-refractivity contribution in [2.75, 3.05) is 27.4 Å². The fourth-order valence-corrected chi connectivity index (χ4v) is 4.71. The molecule has 0 aliphatic heterocycles. The van der Waals surface area contributed by atoms with Crippen LogP contribution in [0.4, 0.5) is 0 Å². The van der Waals surface area contributed by atoms with Crippen molar-refractivity contribution in [3.8, 4) is 0 Å². The Labute approximate surface area is 139 Å². The maximum Gasteiger partial charge on any atom is 0.0543 e. The van der Waals surface area contributed by atoms with E-state index < -0.39 is 0 Å². The number of ether oxygens (including phenoxy) is 2. The lowest BCUT2D eigenvalue weighted by atomic mass is 9.64. The lowest BCUT2D eigenvalue weighted by Gasteiger charge is -2.44. The molecule has 0 aromatic heterocycles. The Bertz CT molecular complexity index is 263. The minimum atomic E-state index is 0.231. The Hall–Kier alpha value is -0.0800. The van der Waals surface area contributed by atoms with E-state index >= 15 is 0 Å². The number of hydrogen-bond donors (Lipinski definition) is 0. The zero-order valence-corrected chi connectivity index (χ0v) is 15.9. The van der Waals surface area contributed by atoms with Crippen LogP contribution in [0.3, 0.4) is 0 Å². The van der Waals surface area contributed by atoms with Crippen molar-refractivity contribution in [2.24, 2.45) is 16.7 Å². The minimum absolute atomic E-state index is 0.231. The van der Waals surface area contributed by atoms with Gasteiger partial charge in [0.2, 0.25) is 0 Å². The summed E-state index contributed by atoms with van der Waals surface area (Å²) in [5.41, 5.74) is 0.746. The van der Waals surface area contributed by atoms with Gasteiger partial charge >= 0.3 is 0 Å². The first-order chi connectivity index (χ1) is 10.6. The lowest BCUT2D eigenvalue weighted by Crippen LogP contribution is -2.41. The van der Waals surface area contributed by atoms with Crippen LogP contribution in [0.2, 0.25) is 0 Å². The quantitative estimate of drug-likeness (QED) is 0.477. The van der Waals surface area contributed by atoms with Gasteiger partial charge in [0.1, 0.15) is 0 Å². The molecule has 0 unspecified atom stereocenters. The van der Waals surface area contributed by atoms with Crippen molar-refractivity contribution in [3.05, 3.63) is 0 Å². The number of rotatable bonds is 11. The molecule has 1 aliphatic rings. The van der Waals surface area contributed by atoms with Crippen LogP contribution < -0.4 is 0 Å². The van der Waals surface area contributed by atoms with E-state index in [4.69, 9.17) is 9.47 Å². The van der Waals surface area contributed by atoms with Crippen molar-refractivity contribution in [2.45, 2.75) is 85.0 Å². The fourth-order valence-electron chi connectivity index (χ4n) is 4.71. The van der Waals surface area contributed by atoms with Gasteiger partial charge in [0.15, 0.2) is 0 Å². The highest BCUT2D eigenvalue weighted by Gasteiger charge is 2.41. The van der Waals surface area contributed by atoms with Gasteiger partial charge in [-0.15, -0.1) is 0 Å². The molecule has 1 rings (SSSR count). The average Bonchev–Trinajstić information content (AvgIpc) is 2.57. The van der Waals surface area contributed by atoms with Gasteiger partial charge in [-0.25, -0.2) is 0 Å². The van der Waals surface area contributed by atoms with E-state index in [9.17, 15) is 0 Å². The predicted octanol–water partition coefficient (Wildman–Crippen LogP) is 5.84. The SMILES string of the molecule is CCC(CC)(CC)CCC(COC)(COC)C1CCCCC1. The van der Waals surface area contributed by atoms with Gasteiger partial charge < -0.3 is 9.47 Å². The average molecular weight is 313 g/mol. The van der Waals surface area contributed by atoms with E-state index in [0.717, 1.165) is 19.1 Å². The van der Waals surface area contributed by atoms with Crippen LogP contribution in [-0.2, 0) is 9.47 Å². The van der Waals surface area contributed by atoms with E-state index in [1.807, 2.05) is 14.2 Å². The van der Waals surface area contributed by atoms with Gasteiger partial charge in [-0.1, -0.05) is 59.3 Å². The topological polar surface area (TPSA) is 18.5 Å². The molecule has 22 heavy (non-hydrogen) atoms. The third kappa shape index (κ3) is 4.96. The summed E-state index contributed by atoms with van der Waals surface area (Å²) in [6.07, 6.45) is 13.4. The van der Waals surface area contributed by atoms with E-state index in [1.54, 1.807) is 0 Å². The monoisotopic (exact) mass is 312 g/mol. The molecule has 0 heterocycles. The Kier molecular flexibility index (Phi) is 9.01. The summed E-state index contributed by atoms with van der Waals surface area (Å²) in [6, 6.07) is 0. The normalized spacial score (nSPS) is 17.9. The van der Waals surface area contributed by atoms with Crippen LogP contribution >= 0.6 is 0 Å². The standard InChI is InChI=1S/C20H40O2/c1-6-19(7-2,8-3)14-15-20(16-21-4,17-22-5)18-12-10-9-11-13-18/h18H,6-17H2,1-5H3. The molecule has 0 bridgehead atoms. The van der Waals surface area contributed by atoms with Crippen molar-refractivity contribution in [1.29, 1.82) is 0 Å². The van der Waals surface area contributed by atoms with Gasteiger partial charge in [0.05, 0.1) is 13.2 Å². The predicted molar refractivity (Wildman–Crippen MR) is 95.3 cm³/mol. The van der Waals surface area contributed by atoms with Crippen molar-refractivity contribution in [1.82, 2.24) is 0 Å². The maximum atomic E-state index is 5.70. The Morgan fingerprint density at radius 2 is 1.27 bits per heavy atom. The molecule has 132 valence electrons. The Balaban J connectivity index is 2.87. The summed E-state index contributed by atoms with van der Waals surface area (Å²) in [4.78, 5) is 0. The van der Waals surface area contributed by atoms with Gasteiger partial charge in [-0.2, -0.15) is 0 Å². The molecular formula is C20H40O2. The lowest BCUT2D eigenvalue weighted by molar-refractivity contribution is -0.0544. The van der Waals surface area contributed by atoms with Crippen LogP contribution in [0, 0.1) is 16.7 Å². The second-order valence-electron chi connectivity index (χ2n) is 7.62. The molecular weight excluding hydrogens is 272 g/mol. The molecule has 0 N–H and O–H groups in total. The third-order valence-electron chi connectivity index (χ3n) is 6.74. The van der Waals surface area contributed by atoms with Crippen molar-refractivity contribution in [3.63, 3.8) is 0 Å². The third-order valence-corrected chi connectivity index (χ3v) is 6.74. The summed E-state index contributed by atoms with van der Waals surface area (Å²) in [7, 11) is 3.72. The maximum absolute atomic E-state index is 5.70. The molecule has 1 saturated carbocycles. The summed E-state index contributed by atoms with van der Waals surface area (Å²) < 4.78 is 11.4. The summed E-state index contributed by atoms with van der Waals surface area (Å²) in [5, 5.41) is 0. The van der Waals surface area contributed by atoms with E-state index in [2.05, 4.69) is 20.8 Å². The zero-order chi connectivity index (χ0) is 16.5.